The van der Waals surface area contributed by atoms with E-state index in [1.165, 1.54) is 12.1 Å². The third kappa shape index (κ3) is 5.11. The zero-order chi connectivity index (χ0) is 17.5. The second kappa shape index (κ2) is 9.09. The van der Waals surface area contributed by atoms with Gasteiger partial charge < -0.3 is 20.6 Å². The van der Waals surface area contributed by atoms with Crippen LogP contribution >= 0.6 is 0 Å². The Kier molecular flexibility index (Phi) is 6.56. The Labute approximate surface area is 150 Å². The Bertz CT molecular complexity index is 529. The minimum Gasteiger partial charge on any atom is -0.396 e. The van der Waals surface area contributed by atoms with E-state index < -0.39 is 0 Å². The van der Waals surface area contributed by atoms with E-state index in [0.29, 0.717) is 0 Å². The van der Waals surface area contributed by atoms with Crippen molar-refractivity contribution in [3.05, 3.63) is 30.3 Å². The molecule has 2 aliphatic rings. The van der Waals surface area contributed by atoms with Crippen LogP contribution in [0.3, 0.4) is 0 Å². The molecule has 1 saturated heterocycles. The van der Waals surface area contributed by atoms with Crippen LogP contribution in [0.15, 0.2) is 30.3 Å². The number of para-hydroxylation sites is 1. The zero-order valence-corrected chi connectivity index (χ0v) is 15.0. The molecule has 1 heterocycles. The van der Waals surface area contributed by atoms with E-state index in [9.17, 15) is 9.90 Å². The predicted octanol–water partition coefficient (Wildman–Crippen LogP) is 2.90. The lowest BCUT2D eigenvalue weighted by atomic mass is 9.96. The van der Waals surface area contributed by atoms with Crippen LogP contribution in [0, 0.1) is 5.92 Å². The van der Waals surface area contributed by atoms with Gasteiger partial charge in [0.2, 0.25) is 0 Å². The Hall–Kier alpha value is -1.75. The van der Waals surface area contributed by atoms with Crippen LogP contribution in [-0.2, 0) is 0 Å². The summed E-state index contributed by atoms with van der Waals surface area (Å²) in [6, 6.07) is 10.7. The summed E-state index contributed by atoms with van der Waals surface area (Å²) in [6.07, 6.45) is 7.42. The van der Waals surface area contributed by atoms with E-state index in [1.807, 2.05) is 6.07 Å². The molecule has 25 heavy (non-hydrogen) atoms. The van der Waals surface area contributed by atoms with E-state index in [4.69, 9.17) is 0 Å². The van der Waals surface area contributed by atoms with Crippen molar-refractivity contribution in [3.8, 4) is 0 Å². The number of rotatable bonds is 4. The molecule has 0 spiro atoms. The molecule has 3 rings (SSSR count). The molecule has 2 atom stereocenters. The van der Waals surface area contributed by atoms with Gasteiger partial charge in [0.1, 0.15) is 0 Å². The van der Waals surface area contributed by atoms with Crippen LogP contribution in [0.25, 0.3) is 0 Å². The van der Waals surface area contributed by atoms with Crippen LogP contribution in [-0.4, -0.2) is 42.9 Å². The average molecular weight is 345 g/mol. The number of hydrogen-bond acceptors (Lipinski definition) is 3. The highest BCUT2D eigenvalue weighted by atomic mass is 16.3. The summed E-state index contributed by atoms with van der Waals surface area (Å²) in [5.41, 5.74) is 1.26. The van der Waals surface area contributed by atoms with Gasteiger partial charge in [-0.25, -0.2) is 4.79 Å². The first kappa shape index (κ1) is 18.1. The number of carbonyl (C=O) groups is 1. The number of nitrogens with one attached hydrogen (secondary N) is 2. The summed E-state index contributed by atoms with van der Waals surface area (Å²) in [7, 11) is 0. The lowest BCUT2D eigenvalue weighted by molar-refractivity contribution is 0.177. The number of benzene rings is 1. The van der Waals surface area contributed by atoms with Gasteiger partial charge in [0.25, 0.3) is 0 Å². The van der Waals surface area contributed by atoms with E-state index in [-0.39, 0.29) is 30.6 Å². The van der Waals surface area contributed by atoms with Crippen molar-refractivity contribution in [1.82, 2.24) is 10.6 Å². The molecule has 2 unspecified atom stereocenters. The first-order valence-corrected chi connectivity index (χ1v) is 9.74. The maximum absolute atomic E-state index is 12.4. The monoisotopic (exact) mass is 345 g/mol. The number of piperidine rings is 1. The van der Waals surface area contributed by atoms with Gasteiger partial charge in [-0.05, 0) is 37.8 Å². The van der Waals surface area contributed by atoms with E-state index in [2.05, 4.69) is 39.8 Å². The number of carbonyl (C=O) groups excluding carboxylic acids is 1. The van der Waals surface area contributed by atoms with Crippen LogP contribution in [0.4, 0.5) is 10.5 Å². The third-order valence-corrected chi connectivity index (χ3v) is 5.66. The summed E-state index contributed by atoms with van der Waals surface area (Å²) in [5.74, 6) is 0.202. The normalized spacial score (nSPS) is 25.2. The fraction of sp³-hybridized carbons (Fsp3) is 0.650. The van der Waals surface area contributed by atoms with Crippen LogP contribution in [0.2, 0.25) is 0 Å². The highest BCUT2D eigenvalue weighted by molar-refractivity contribution is 5.74. The van der Waals surface area contributed by atoms with Crippen molar-refractivity contribution in [2.45, 2.75) is 57.0 Å². The summed E-state index contributed by atoms with van der Waals surface area (Å²) >= 11 is 0. The van der Waals surface area contributed by atoms with Gasteiger partial charge in [0, 0.05) is 43.4 Å². The van der Waals surface area contributed by atoms with Crippen molar-refractivity contribution in [3.63, 3.8) is 0 Å². The highest BCUT2D eigenvalue weighted by Crippen LogP contribution is 2.23. The van der Waals surface area contributed by atoms with Crippen LogP contribution in [0.5, 0.6) is 0 Å². The molecule has 1 aliphatic heterocycles. The SMILES string of the molecule is O=C(NC1CCN(c2ccccc2)CC1)NC1CCCCCC1CO. The topological polar surface area (TPSA) is 64.6 Å². The zero-order valence-electron chi connectivity index (χ0n) is 15.0. The highest BCUT2D eigenvalue weighted by Gasteiger charge is 2.26. The van der Waals surface area contributed by atoms with Gasteiger partial charge in [-0.3, -0.25) is 0 Å². The lowest BCUT2D eigenvalue weighted by Gasteiger charge is -2.34. The Morgan fingerprint density at radius 2 is 1.72 bits per heavy atom. The molecule has 1 saturated carbocycles. The molecular formula is C20H31N3O2. The Balaban J connectivity index is 1.44. The van der Waals surface area contributed by atoms with Gasteiger partial charge in [-0.15, -0.1) is 0 Å². The molecule has 0 bridgehead atoms. The van der Waals surface area contributed by atoms with Crippen LogP contribution in [0.1, 0.15) is 44.9 Å². The number of nitrogens with zero attached hydrogens (tertiary/aromatic N) is 1. The predicted molar refractivity (Wildman–Crippen MR) is 101 cm³/mol. The molecule has 5 heteroatoms. The van der Waals surface area contributed by atoms with Gasteiger partial charge >= 0.3 is 6.03 Å². The molecule has 0 aromatic heterocycles. The molecule has 2 amide bonds. The number of anilines is 1. The standard InChI is InChI=1S/C20H31N3O2/c24-15-16-7-3-1-6-10-19(16)22-20(25)21-17-11-13-23(14-12-17)18-8-4-2-5-9-18/h2,4-5,8-9,16-17,19,24H,1,3,6-7,10-15H2,(H2,21,22,25). The van der Waals surface area contributed by atoms with Crippen molar-refractivity contribution in [1.29, 1.82) is 0 Å². The maximum atomic E-state index is 12.4. The van der Waals surface area contributed by atoms with Crippen LogP contribution < -0.4 is 15.5 Å². The maximum Gasteiger partial charge on any atom is 0.315 e. The van der Waals surface area contributed by atoms with Crippen molar-refractivity contribution in [2.75, 3.05) is 24.6 Å². The minimum atomic E-state index is -0.0662. The second-order valence-electron chi connectivity index (χ2n) is 7.40. The molecule has 1 aromatic carbocycles. The molecule has 138 valence electrons. The van der Waals surface area contributed by atoms with Gasteiger partial charge in [0.15, 0.2) is 0 Å². The van der Waals surface area contributed by atoms with E-state index in [0.717, 1.165) is 51.6 Å². The van der Waals surface area contributed by atoms with E-state index in [1.54, 1.807) is 0 Å². The Morgan fingerprint density at radius 3 is 2.44 bits per heavy atom. The number of hydrogen-bond donors (Lipinski definition) is 3. The summed E-state index contributed by atoms with van der Waals surface area (Å²) in [6.45, 7) is 2.11. The third-order valence-electron chi connectivity index (χ3n) is 5.66. The van der Waals surface area contributed by atoms with Crippen molar-refractivity contribution >= 4 is 11.7 Å². The quantitative estimate of drug-likeness (QED) is 0.735. The summed E-state index contributed by atoms with van der Waals surface area (Å²) in [4.78, 5) is 14.8. The first-order valence-electron chi connectivity index (χ1n) is 9.74. The number of amides is 2. The smallest absolute Gasteiger partial charge is 0.315 e. The number of aliphatic hydroxyl groups is 1. The largest absolute Gasteiger partial charge is 0.396 e. The number of urea groups is 1. The lowest BCUT2D eigenvalue weighted by Crippen LogP contribution is -2.51. The van der Waals surface area contributed by atoms with Gasteiger partial charge in [-0.1, -0.05) is 37.5 Å². The Morgan fingerprint density at radius 1 is 1.00 bits per heavy atom. The summed E-state index contributed by atoms with van der Waals surface area (Å²) in [5, 5.41) is 15.9. The molecule has 1 aliphatic carbocycles. The minimum absolute atomic E-state index is 0.0662. The fourth-order valence-electron chi connectivity index (χ4n) is 4.11. The second-order valence-corrected chi connectivity index (χ2v) is 7.40. The molecule has 1 aromatic rings. The molecule has 2 fully saturated rings. The first-order chi connectivity index (χ1) is 12.3. The molecule has 5 nitrogen and oxygen atoms in total. The molecule has 3 N–H and O–H groups in total. The average Bonchev–Trinajstić information content (AvgIpc) is 2.88. The fourth-order valence-corrected chi connectivity index (χ4v) is 4.11. The van der Waals surface area contributed by atoms with Crippen molar-refractivity contribution in [2.24, 2.45) is 5.92 Å². The van der Waals surface area contributed by atoms with Gasteiger partial charge in [-0.2, -0.15) is 0 Å². The molecular weight excluding hydrogens is 314 g/mol. The van der Waals surface area contributed by atoms with Crippen molar-refractivity contribution < 1.29 is 9.90 Å². The number of aliphatic hydroxyl groups excluding tert-OH is 1. The summed E-state index contributed by atoms with van der Waals surface area (Å²) < 4.78 is 0. The van der Waals surface area contributed by atoms with Gasteiger partial charge in [0.05, 0.1) is 0 Å². The molecule has 0 radical (unpaired) electrons. The van der Waals surface area contributed by atoms with E-state index >= 15 is 0 Å².